The van der Waals surface area contributed by atoms with Gasteiger partial charge in [0, 0.05) is 12.1 Å². The third-order valence-corrected chi connectivity index (χ3v) is 3.32. The van der Waals surface area contributed by atoms with Crippen LogP contribution in [0.5, 0.6) is 0 Å². The first-order valence-corrected chi connectivity index (χ1v) is 5.66. The third-order valence-electron chi connectivity index (χ3n) is 3.32. The Bertz CT molecular complexity index is 469. The molecule has 0 unspecified atom stereocenters. The van der Waals surface area contributed by atoms with Crippen LogP contribution in [0.15, 0.2) is 24.3 Å². The molecule has 1 heterocycles. The summed E-state index contributed by atoms with van der Waals surface area (Å²) in [6.45, 7) is 7.63. The van der Waals surface area contributed by atoms with Gasteiger partial charge >= 0.3 is 0 Å². The normalized spacial score (nSPS) is 21.0. The van der Waals surface area contributed by atoms with Crippen LogP contribution in [0.3, 0.4) is 0 Å². The predicted octanol–water partition coefficient (Wildman–Crippen LogP) is 2.84. The molecule has 0 atom stereocenters. The van der Waals surface area contributed by atoms with Gasteiger partial charge in [0.2, 0.25) is 0 Å². The van der Waals surface area contributed by atoms with E-state index in [2.05, 4.69) is 0 Å². The average Bonchev–Trinajstić information content (AvgIpc) is 2.48. The lowest BCUT2D eigenvalue weighted by molar-refractivity contribution is -0.384. The van der Waals surface area contributed by atoms with Gasteiger partial charge in [-0.05, 0) is 33.8 Å². The van der Waals surface area contributed by atoms with Gasteiger partial charge in [-0.2, -0.15) is 0 Å². The largest absolute Gasteiger partial charge is 0.271 e. The zero-order valence-corrected chi connectivity index (χ0v) is 10.8. The predicted molar refractivity (Wildman–Crippen MR) is 65.9 cm³/mol. The van der Waals surface area contributed by atoms with Gasteiger partial charge in [0.15, 0.2) is 0 Å². The van der Waals surface area contributed by atoms with Crippen LogP contribution in [0.4, 0.5) is 11.4 Å². The summed E-state index contributed by atoms with van der Waals surface area (Å²) >= 11 is 0. The summed E-state index contributed by atoms with van der Waals surface area (Å²) in [6.07, 6.45) is 0. The van der Waals surface area contributed by atoms with E-state index in [1.165, 1.54) is 17.4 Å². The molecule has 1 aromatic carbocycles. The minimum Gasteiger partial charge on any atom is -0.258 e. The van der Waals surface area contributed by atoms with Gasteiger partial charge in [-0.15, -0.1) is 5.23 Å². The van der Waals surface area contributed by atoms with E-state index in [-0.39, 0.29) is 5.69 Å². The molecule has 0 amide bonds. The standard InChI is InChI=1S/C12H16N2O4/c1-11(2)12(3,4)18-14(17-11)10-7-5-6-9(8-10)13(15)16/h5-8H,1-4H3. The number of hydrogen-bond acceptors (Lipinski definition) is 5. The van der Waals surface area contributed by atoms with Crippen LogP contribution in [0.25, 0.3) is 0 Å². The van der Waals surface area contributed by atoms with E-state index in [4.69, 9.17) is 9.68 Å². The smallest absolute Gasteiger partial charge is 0.258 e. The number of nitro groups is 1. The summed E-state index contributed by atoms with van der Waals surface area (Å²) in [5, 5.41) is 12.0. The highest BCUT2D eigenvalue weighted by Crippen LogP contribution is 2.40. The fourth-order valence-electron chi connectivity index (χ4n) is 1.48. The highest BCUT2D eigenvalue weighted by molar-refractivity contribution is 5.50. The lowest BCUT2D eigenvalue weighted by Gasteiger charge is -2.26. The van der Waals surface area contributed by atoms with Gasteiger partial charge in [-0.25, -0.2) is 9.68 Å². The Hall–Kier alpha value is -1.66. The van der Waals surface area contributed by atoms with Gasteiger partial charge < -0.3 is 0 Å². The molecule has 0 aromatic heterocycles. The van der Waals surface area contributed by atoms with Crippen LogP contribution in [0.2, 0.25) is 0 Å². The summed E-state index contributed by atoms with van der Waals surface area (Å²) in [5.74, 6) is 0. The molecule has 0 aliphatic carbocycles. The fourth-order valence-corrected chi connectivity index (χ4v) is 1.48. The fraction of sp³-hybridized carbons (Fsp3) is 0.500. The van der Waals surface area contributed by atoms with Crippen molar-refractivity contribution in [1.29, 1.82) is 0 Å². The topological polar surface area (TPSA) is 64.8 Å². The first-order valence-electron chi connectivity index (χ1n) is 5.66. The van der Waals surface area contributed by atoms with Crippen LogP contribution in [0.1, 0.15) is 27.7 Å². The van der Waals surface area contributed by atoms with Crippen molar-refractivity contribution in [3.8, 4) is 0 Å². The maximum atomic E-state index is 10.7. The number of nitrogens with zero attached hydrogens (tertiary/aromatic N) is 2. The molecule has 6 heteroatoms. The van der Waals surface area contributed by atoms with Crippen molar-refractivity contribution >= 4 is 11.4 Å². The highest BCUT2D eigenvalue weighted by atomic mass is 17.0. The van der Waals surface area contributed by atoms with Crippen molar-refractivity contribution in [1.82, 2.24) is 0 Å². The first-order chi connectivity index (χ1) is 8.23. The number of anilines is 1. The molecule has 0 N–H and O–H groups in total. The molecule has 1 aromatic rings. The summed E-state index contributed by atoms with van der Waals surface area (Å²) < 4.78 is 0. The summed E-state index contributed by atoms with van der Waals surface area (Å²) in [7, 11) is 0. The van der Waals surface area contributed by atoms with E-state index in [0.29, 0.717) is 5.69 Å². The zero-order valence-electron chi connectivity index (χ0n) is 10.8. The van der Waals surface area contributed by atoms with Crippen molar-refractivity contribution in [2.24, 2.45) is 0 Å². The second kappa shape index (κ2) is 3.93. The van der Waals surface area contributed by atoms with Gasteiger partial charge in [-0.3, -0.25) is 10.1 Å². The molecule has 6 nitrogen and oxygen atoms in total. The van der Waals surface area contributed by atoms with Gasteiger partial charge in [0.05, 0.1) is 4.92 Å². The molecule has 18 heavy (non-hydrogen) atoms. The minimum atomic E-state index is -0.516. The summed E-state index contributed by atoms with van der Waals surface area (Å²) in [4.78, 5) is 21.6. The summed E-state index contributed by atoms with van der Waals surface area (Å²) in [5.41, 5.74) is -0.528. The van der Waals surface area contributed by atoms with E-state index < -0.39 is 16.1 Å². The maximum absolute atomic E-state index is 10.7. The molecule has 2 rings (SSSR count). The molecule has 0 bridgehead atoms. The lowest BCUT2D eigenvalue weighted by atomic mass is 9.90. The molecule has 1 saturated heterocycles. The Balaban J connectivity index is 2.30. The molecular formula is C12H16N2O4. The Morgan fingerprint density at radius 1 is 1.17 bits per heavy atom. The Labute approximate surface area is 105 Å². The molecule has 1 aliphatic rings. The van der Waals surface area contributed by atoms with Crippen LogP contribution < -0.4 is 5.23 Å². The van der Waals surface area contributed by atoms with Crippen LogP contribution in [0, 0.1) is 10.1 Å². The van der Waals surface area contributed by atoms with Gasteiger partial charge in [-0.1, -0.05) is 6.07 Å². The minimum absolute atomic E-state index is 0.00205. The third kappa shape index (κ3) is 2.04. The number of nitro benzene ring substituents is 1. The van der Waals surface area contributed by atoms with Gasteiger partial charge in [0.1, 0.15) is 16.9 Å². The molecule has 98 valence electrons. The van der Waals surface area contributed by atoms with Crippen molar-refractivity contribution in [3.63, 3.8) is 0 Å². The van der Waals surface area contributed by atoms with Crippen LogP contribution in [-0.4, -0.2) is 16.1 Å². The summed E-state index contributed by atoms with van der Waals surface area (Å²) in [6, 6.07) is 6.14. The van der Waals surface area contributed by atoms with Crippen LogP contribution >= 0.6 is 0 Å². The second-order valence-electron chi connectivity index (χ2n) is 5.24. The molecule has 1 fully saturated rings. The number of hydrogen-bond donors (Lipinski definition) is 0. The molecule has 0 radical (unpaired) electrons. The quantitative estimate of drug-likeness (QED) is 0.598. The van der Waals surface area contributed by atoms with E-state index in [1.807, 2.05) is 27.7 Å². The van der Waals surface area contributed by atoms with Gasteiger partial charge in [0.25, 0.3) is 5.69 Å². The highest BCUT2D eigenvalue weighted by Gasteiger charge is 2.50. The molecule has 0 spiro atoms. The number of benzene rings is 1. The Morgan fingerprint density at radius 2 is 1.72 bits per heavy atom. The van der Waals surface area contributed by atoms with E-state index in [9.17, 15) is 10.1 Å². The van der Waals surface area contributed by atoms with E-state index >= 15 is 0 Å². The number of rotatable bonds is 2. The maximum Gasteiger partial charge on any atom is 0.271 e. The number of non-ortho nitro benzene ring substituents is 1. The van der Waals surface area contributed by atoms with E-state index in [0.717, 1.165) is 0 Å². The lowest BCUT2D eigenvalue weighted by Crippen LogP contribution is -2.41. The van der Waals surface area contributed by atoms with Crippen LogP contribution in [-0.2, 0) is 9.68 Å². The van der Waals surface area contributed by atoms with Crippen molar-refractivity contribution < 1.29 is 14.6 Å². The molecule has 0 saturated carbocycles. The van der Waals surface area contributed by atoms with E-state index in [1.54, 1.807) is 12.1 Å². The van der Waals surface area contributed by atoms with Crippen molar-refractivity contribution in [2.45, 2.75) is 38.9 Å². The molecular weight excluding hydrogens is 236 g/mol. The zero-order chi connectivity index (χ0) is 13.6. The first kappa shape index (κ1) is 12.8. The SMILES string of the molecule is CC1(C)ON(c2cccc([N+](=O)[O-])c2)OC1(C)C. The molecule has 1 aliphatic heterocycles. The average molecular weight is 252 g/mol. The van der Waals surface area contributed by atoms with Crippen molar-refractivity contribution in [2.75, 3.05) is 5.23 Å². The second-order valence-corrected chi connectivity index (χ2v) is 5.24. The Morgan fingerprint density at radius 3 is 2.22 bits per heavy atom. The van der Waals surface area contributed by atoms with Crippen molar-refractivity contribution in [3.05, 3.63) is 34.4 Å². The monoisotopic (exact) mass is 252 g/mol. The Kier molecular flexibility index (Phi) is 2.79.